The van der Waals surface area contributed by atoms with Gasteiger partial charge in [0.15, 0.2) is 5.96 Å². The highest BCUT2D eigenvalue weighted by atomic mass is 35.5. The smallest absolute Gasteiger partial charge is 0.191 e. The lowest BCUT2D eigenvalue weighted by atomic mass is 10.1. The zero-order chi connectivity index (χ0) is 19.1. The summed E-state index contributed by atoms with van der Waals surface area (Å²) in [5, 5.41) is 18.5. The number of fused-ring (bicyclic) bond motifs is 1. The molecule has 3 rings (SSSR count). The molecule has 0 spiro atoms. The number of aliphatic hydroxyl groups excluding tert-OH is 1. The average Bonchev–Trinajstić information content (AvgIpc) is 2.70. The van der Waals surface area contributed by atoms with Gasteiger partial charge in [0.25, 0.3) is 0 Å². The number of pyridine rings is 1. The summed E-state index contributed by atoms with van der Waals surface area (Å²) in [6, 6.07) is 17.2. The van der Waals surface area contributed by atoms with Gasteiger partial charge in [-0.25, -0.2) is 4.99 Å². The highest BCUT2D eigenvalue weighted by Crippen LogP contribution is 2.17. The van der Waals surface area contributed by atoms with Gasteiger partial charge in [0, 0.05) is 29.7 Å². The monoisotopic (exact) mass is 382 g/mol. The maximum absolute atomic E-state index is 10.4. The van der Waals surface area contributed by atoms with Gasteiger partial charge in [-0.2, -0.15) is 0 Å². The summed E-state index contributed by atoms with van der Waals surface area (Å²) in [5.41, 5.74) is 2.88. The minimum absolute atomic E-state index is 0.352. The molecule has 0 amide bonds. The van der Waals surface area contributed by atoms with E-state index >= 15 is 0 Å². The van der Waals surface area contributed by atoms with Gasteiger partial charge in [0.1, 0.15) is 0 Å². The van der Waals surface area contributed by atoms with Crippen LogP contribution < -0.4 is 10.6 Å². The van der Waals surface area contributed by atoms with E-state index < -0.39 is 6.10 Å². The van der Waals surface area contributed by atoms with E-state index in [0.29, 0.717) is 24.1 Å². The number of rotatable bonds is 6. The second-order valence-corrected chi connectivity index (χ2v) is 6.57. The summed E-state index contributed by atoms with van der Waals surface area (Å²) in [6.07, 6.45) is 1.16. The van der Waals surface area contributed by atoms with Crippen LogP contribution in [0.3, 0.4) is 0 Å². The molecule has 27 heavy (non-hydrogen) atoms. The van der Waals surface area contributed by atoms with Crippen LogP contribution in [0.5, 0.6) is 0 Å². The molecule has 1 aromatic heterocycles. The number of nitrogens with zero attached hydrogens (tertiary/aromatic N) is 2. The van der Waals surface area contributed by atoms with Gasteiger partial charge >= 0.3 is 0 Å². The van der Waals surface area contributed by atoms with E-state index in [9.17, 15) is 5.11 Å². The van der Waals surface area contributed by atoms with Crippen LogP contribution in [0.2, 0.25) is 5.02 Å². The fraction of sp³-hybridized carbons (Fsp3) is 0.238. The third kappa shape index (κ3) is 5.18. The van der Waals surface area contributed by atoms with Crippen molar-refractivity contribution >= 4 is 28.5 Å². The van der Waals surface area contributed by atoms with Crippen LogP contribution >= 0.6 is 11.6 Å². The van der Waals surface area contributed by atoms with Crippen LogP contribution in [0.25, 0.3) is 10.9 Å². The minimum atomic E-state index is -0.645. The molecule has 0 fully saturated rings. The number of hydrogen-bond acceptors (Lipinski definition) is 3. The zero-order valence-electron chi connectivity index (χ0n) is 15.2. The van der Waals surface area contributed by atoms with Gasteiger partial charge in [-0.3, -0.25) is 4.98 Å². The molecule has 1 atom stereocenters. The van der Waals surface area contributed by atoms with Crippen LogP contribution in [-0.2, 0) is 6.54 Å². The number of benzene rings is 2. The Balaban J connectivity index is 1.68. The van der Waals surface area contributed by atoms with E-state index in [0.717, 1.165) is 28.6 Å². The van der Waals surface area contributed by atoms with Crippen molar-refractivity contribution in [2.45, 2.75) is 19.6 Å². The van der Waals surface area contributed by atoms with Crippen LogP contribution in [0.15, 0.2) is 65.8 Å². The summed E-state index contributed by atoms with van der Waals surface area (Å²) < 4.78 is 0. The molecular formula is C21H23ClN4O. The Hall–Kier alpha value is -2.63. The fourth-order valence-electron chi connectivity index (χ4n) is 2.80. The molecule has 2 aromatic carbocycles. The van der Waals surface area contributed by atoms with Gasteiger partial charge in [0.2, 0.25) is 0 Å². The van der Waals surface area contributed by atoms with Gasteiger partial charge in [-0.1, -0.05) is 41.9 Å². The van der Waals surface area contributed by atoms with Gasteiger partial charge in [-0.15, -0.1) is 0 Å². The molecule has 1 heterocycles. The Morgan fingerprint density at radius 2 is 1.89 bits per heavy atom. The summed E-state index contributed by atoms with van der Waals surface area (Å²) in [5.74, 6) is 0.659. The molecule has 3 aromatic rings. The minimum Gasteiger partial charge on any atom is -0.387 e. The summed E-state index contributed by atoms with van der Waals surface area (Å²) in [7, 11) is 0. The van der Waals surface area contributed by atoms with Crippen molar-refractivity contribution in [3.8, 4) is 0 Å². The van der Waals surface area contributed by atoms with E-state index in [1.807, 2.05) is 43.3 Å². The molecule has 0 radical (unpaired) electrons. The molecule has 1 unspecified atom stereocenters. The van der Waals surface area contributed by atoms with Crippen molar-refractivity contribution in [1.29, 1.82) is 0 Å². The van der Waals surface area contributed by atoms with Crippen LogP contribution in [0.1, 0.15) is 24.2 Å². The second-order valence-electron chi connectivity index (χ2n) is 6.13. The molecule has 0 bridgehead atoms. The first-order valence-corrected chi connectivity index (χ1v) is 9.33. The lowest BCUT2D eigenvalue weighted by molar-refractivity contribution is 0.181. The Morgan fingerprint density at radius 3 is 2.67 bits per heavy atom. The summed E-state index contributed by atoms with van der Waals surface area (Å²) >= 11 is 5.90. The quantitative estimate of drug-likeness (QED) is 0.449. The molecule has 0 aliphatic rings. The zero-order valence-corrected chi connectivity index (χ0v) is 15.9. The molecule has 0 aliphatic heterocycles. The Kier molecular flexibility index (Phi) is 6.63. The van der Waals surface area contributed by atoms with E-state index in [-0.39, 0.29) is 0 Å². The number of guanidine groups is 1. The highest BCUT2D eigenvalue weighted by Gasteiger charge is 2.09. The first kappa shape index (κ1) is 19.1. The Bertz CT molecular complexity index is 906. The average molecular weight is 383 g/mol. The molecule has 0 saturated heterocycles. The number of aliphatic imine (C=N–C) groups is 1. The summed E-state index contributed by atoms with van der Waals surface area (Å²) in [6.45, 7) is 3.62. The summed E-state index contributed by atoms with van der Waals surface area (Å²) in [4.78, 5) is 9.03. The van der Waals surface area contributed by atoms with Crippen molar-refractivity contribution < 1.29 is 5.11 Å². The third-order valence-corrected chi connectivity index (χ3v) is 4.46. The second kappa shape index (κ2) is 9.35. The first-order chi connectivity index (χ1) is 13.2. The maximum atomic E-state index is 10.4. The van der Waals surface area contributed by atoms with Gasteiger partial charge in [0.05, 0.1) is 18.2 Å². The van der Waals surface area contributed by atoms with E-state index in [1.165, 1.54) is 0 Å². The van der Waals surface area contributed by atoms with Crippen molar-refractivity contribution in [2.24, 2.45) is 4.99 Å². The molecule has 5 nitrogen and oxygen atoms in total. The van der Waals surface area contributed by atoms with E-state index in [1.54, 1.807) is 18.3 Å². The number of halogens is 1. The van der Waals surface area contributed by atoms with Crippen molar-refractivity contribution in [1.82, 2.24) is 15.6 Å². The maximum Gasteiger partial charge on any atom is 0.191 e. The fourth-order valence-corrected chi connectivity index (χ4v) is 2.92. The topological polar surface area (TPSA) is 69.5 Å². The molecule has 6 heteroatoms. The van der Waals surface area contributed by atoms with E-state index in [2.05, 4.69) is 26.7 Å². The van der Waals surface area contributed by atoms with Gasteiger partial charge in [-0.05, 0) is 42.3 Å². The number of aliphatic hydroxyl groups is 1. The highest BCUT2D eigenvalue weighted by molar-refractivity contribution is 6.30. The standard InChI is InChI=1S/C21H23ClN4O/c1-2-23-21(26-14-20(27)15-7-9-17(22)10-8-15)25-13-16-11-12-24-19-6-4-3-5-18(16)19/h3-12,20,27H,2,13-14H2,1H3,(H2,23,25,26). The van der Waals surface area contributed by atoms with Crippen molar-refractivity contribution in [2.75, 3.05) is 13.1 Å². The van der Waals surface area contributed by atoms with Crippen LogP contribution in [0, 0.1) is 0 Å². The SMILES string of the molecule is CCNC(=NCc1ccnc2ccccc12)NCC(O)c1ccc(Cl)cc1. The van der Waals surface area contributed by atoms with Gasteiger partial charge < -0.3 is 15.7 Å². The van der Waals surface area contributed by atoms with Crippen LogP contribution in [-0.4, -0.2) is 29.1 Å². The lowest BCUT2D eigenvalue weighted by Gasteiger charge is -2.16. The Labute approximate surface area is 164 Å². The van der Waals surface area contributed by atoms with Crippen molar-refractivity contribution in [3.05, 3.63) is 76.9 Å². The predicted molar refractivity (Wildman–Crippen MR) is 111 cm³/mol. The first-order valence-electron chi connectivity index (χ1n) is 8.95. The predicted octanol–water partition coefficient (Wildman–Crippen LogP) is 3.68. The molecule has 3 N–H and O–H groups in total. The number of para-hydroxylation sites is 1. The van der Waals surface area contributed by atoms with Crippen molar-refractivity contribution in [3.63, 3.8) is 0 Å². The molecule has 140 valence electrons. The van der Waals surface area contributed by atoms with Crippen LogP contribution in [0.4, 0.5) is 0 Å². The molecule has 0 aliphatic carbocycles. The normalized spacial score (nSPS) is 12.8. The number of aromatic nitrogens is 1. The number of hydrogen-bond donors (Lipinski definition) is 3. The largest absolute Gasteiger partial charge is 0.387 e. The van der Waals surface area contributed by atoms with E-state index in [4.69, 9.17) is 11.6 Å². The molecular weight excluding hydrogens is 360 g/mol. The Morgan fingerprint density at radius 1 is 1.11 bits per heavy atom. The third-order valence-electron chi connectivity index (χ3n) is 4.21. The number of nitrogens with one attached hydrogen (secondary N) is 2. The molecule has 0 saturated carbocycles. The lowest BCUT2D eigenvalue weighted by Crippen LogP contribution is -2.39.